The van der Waals surface area contributed by atoms with E-state index in [1.165, 1.54) is 0 Å². The second-order valence-electron chi connectivity index (χ2n) is 5.91. The standard InChI is InChI=1S/C19H16ClN5O2/c20-12-4-6-13(7-5-12)23-19(26)24-14-2-1-3-15(10-14)25-11-22-18-16(17(25)21)8-9-27-18/h1-10,21-22H,11H2,(H2,23,24,26). The van der Waals surface area contributed by atoms with E-state index in [-0.39, 0.29) is 6.03 Å². The number of hydrogen-bond donors (Lipinski definition) is 4. The van der Waals surface area contributed by atoms with Crippen molar-refractivity contribution >= 4 is 46.4 Å². The molecule has 0 saturated carbocycles. The first-order valence-electron chi connectivity index (χ1n) is 8.21. The van der Waals surface area contributed by atoms with Gasteiger partial charge in [0.1, 0.15) is 5.84 Å². The molecule has 1 aliphatic heterocycles. The van der Waals surface area contributed by atoms with Crippen molar-refractivity contribution in [3.8, 4) is 0 Å². The lowest BCUT2D eigenvalue weighted by Crippen LogP contribution is -2.39. The maximum absolute atomic E-state index is 12.2. The average molecular weight is 382 g/mol. The number of carbonyl (C=O) groups is 1. The van der Waals surface area contributed by atoms with Crippen molar-refractivity contribution in [1.82, 2.24) is 0 Å². The number of hydrogen-bond acceptors (Lipinski definition) is 4. The molecule has 0 radical (unpaired) electrons. The van der Waals surface area contributed by atoms with E-state index in [2.05, 4.69) is 16.0 Å². The molecule has 7 nitrogen and oxygen atoms in total. The molecule has 27 heavy (non-hydrogen) atoms. The Kier molecular flexibility index (Phi) is 4.43. The molecule has 2 heterocycles. The lowest BCUT2D eigenvalue weighted by molar-refractivity contribution is 0.262. The number of furan rings is 1. The molecule has 0 spiro atoms. The molecule has 4 N–H and O–H groups in total. The molecule has 3 aromatic rings. The highest BCUT2D eigenvalue weighted by Crippen LogP contribution is 2.28. The molecule has 8 heteroatoms. The molecule has 2 aromatic carbocycles. The van der Waals surface area contributed by atoms with Crippen LogP contribution in [0.5, 0.6) is 0 Å². The summed E-state index contributed by atoms with van der Waals surface area (Å²) < 4.78 is 5.30. The Morgan fingerprint density at radius 3 is 2.70 bits per heavy atom. The van der Waals surface area contributed by atoms with Crippen LogP contribution >= 0.6 is 11.6 Å². The van der Waals surface area contributed by atoms with Gasteiger partial charge in [0.05, 0.1) is 18.5 Å². The molecule has 136 valence electrons. The van der Waals surface area contributed by atoms with Gasteiger partial charge in [-0.25, -0.2) is 4.79 Å². The molecular formula is C19H16ClN5O2. The van der Waals surface area contributed by atoms with Crippen LogP contribution in [-0.4, -0.2) is 18.5 Å². The Morgan fingerprint density at radius 2 is 1.89 bits per heavy atom. The van der Waals surface area contributed by atoms with Gasteiger partial charge < -0.3 is 25.3 Å². The van der Waals surface area contributed by atoms with Gasteiger partial charge >= 0.3 is 6.03 Å². The summed E-state index contributed by atoms with van der Waals surface area (Å²) in [4.78, 5) is 14.0. The highest BCUT2D eigenvalue weighted by Gasteiger charge is 2.24. The molecule has 0 saturated heterocycles. The molecule has 1 aromatic heterocycles. The van der Waals surface area contributed by atoms with Crippen LogP contribution < -0.4 is 20.9 Å². The summed E-state index contributed by atoms with van der Waals surface area (Å²) in [6, 6.07) is 15.5. The number of halogens is 1. The minimum Gasteiger partial charge on any atom is -0.448 e. The molecule has 1 aliphatic rings. The molecule has 0 fully saturated rings. The van der Waals surface area contributed by atoms with Crippen molar-refractivity contribution < 1.29 is 9.21 Å². The van der Waals surface area contributed by atoms with Gasteiger partial charge in [0.25, 0.3) is 0 Å². The third kappa shape index (κ3) is 3.58. The number of nitrogens with one attached hydrogen (secondary N) is 4. The van der Waals surface area contributed by atoms with Crippen LogP contribution in [0, 0.1) is 5.41 Å². The second-order valence-corrected chi connectivity index (χ2v) is 6.35. The Hall–Kier alpha value is -3.45. The maximum Gasteiger partial charge on any atom is 0.323 e. The topological polar surface area (TPSA) is 93.4 Å². The maximum atomic E-state index is 12.2. The third-order valence-electron chi connectivity index (χ3n) is 4.11. The van der Waals surface area contributed by atoms with E-state index in [0.29, 0.717) is 40.3 Å². The molecular weight excluding hydrogens is 366 g/mol. The molecule has 0 atom stereocenters. The Morgan fingerprint density at radius 1 is 1.11 bits per heavy atom. The Labute approximate surface area is 160 Å². The quantitative estimate of drug-likeness (QED) is 0.524. The first kappa shape index (κ1) is 17.0. The van der Waals surface area contributed by atoms with E-state index in [0.717, 1.165) is 5.69 Å². The summed E-state index contributed by atoms with van der Waals surface area (Å²) in [5.41, 5.74) is 2.73. The second kappa shape index (κ2) is 7.05. The van der Waals surface area contributed by atoms with Crippen LogP contribution in [0.4, 0.5) is 27.7 Å². The van der Waals surface area contributed by atoms with Crippen molar-refractivity contribution in [2.24, 2.45) is 0 Å². The van der Waals surface area contributed by atoms with Crippen LogP contribution in [0.25, 0.3) is 0 Å². The lowest BCUT2D eigenvalue weighted by atomic mass is 10.2. The average Bonchev–Trinajstić information content (AvgIpc) is 3.14. The summed E-state index contributed by atoms with van der Waals surface area (Å²) in [6.07, 6.45) is 1.55. The zero-order chi connectivity index (χ0) is 18.8. The fourth-order valence-electron chi connectivity index (χ4n) is 2.81. The Balaban J connectivity index is 1.47. The van der Waals surface area contributed by atoms with Crippen molar-refractivity contribution in [2.75, 3.05) is 27.5 Å². The van der Waals surface area contributed by atoms with Crippen LogP contribution in [-0.2, 0) is 0 Å². The molecule has 2 amide bonds. The van der Waals surface area contributed by atoms with E-state index >= 15 is 0 Å². The Bertz CT molecular complexity index is 999. The van der Waals surface area contributed by atoms with Gasteiger partial charge in [0.2, 0.25) is 5.88 Å². The predicted octanol–water partition coefficient (Wildman–Crippen LogP) is 4.79. The fraction of sp³-hybridized carbons (Fsp3) is 0.0526. The minimum atomic E-state index is -0.363. The first-order chi connectivity index (χ1) is 13.1. The number of urea groups is 1. The zero-order valence-corrected chi connectivity index (χ0v) is 14.9. The summed E-state index contributed by atoms with van der Waals surface area (Å²) in [7, 11) is 0. The minimum absolute atomic E-state index is 0.334. The van der Waals surface area contributed by atoms with Crippen molar-refractivity contribution in [1.29, 1.82) is 5.41 Å². The number of benzene rings is 2. The van der Waals surface area contributed by atoms with Gasteiger partial charge in [0.15, 0.2) is 0 Å². The molecule has 4 rings (SSSR count). The van der Waals surface area contributed by atoms with Crippen LogP contribution in [0.3, 0.4) is 0 Å². The first-order valence-corrected chi connectivity index (χ1v) is 8.59. The smallest absolute Gasteiger partial charge is 0.323 e. The van der Waals surface area contributed by atoms with E-state index in [1.807, 2.05) is 18.2 Å². The molecule has 0 bridgehead atoms. The third-order valence-corrected chi connectivity index (χ3v) is 4.36. The normalized spacial score (nSPS) is 12.9. The largest absolute Gasteiger partial charge is 0.448 e. The van der Waals surface area contributed by atoms with E-state index in [1.54, 1.807) is 47.6 Å². The summed E-state index contributed by atoms with van der Waals surface area (Å²) >= 11 is 5.84. The lowest BCUT2D eigenvalue weighted by Gasteiger charge is -2.29. The van der Waals surface area contributed by atoms with Gasteiger partial charge in [-0.05, 0) is 48.5 Å². The number of amidine groups is 1. The van der Waals surface area contributed by atoms with Crippen molar-refractivity contribution in [2.45, 2.75) is 0 Å². The number of amides is 2. The van der Waals surface area contributed by atoms with E-state index in [9.17, 15) is 4.79 Å². The van der Waals surface area contributed by atoms with Crippen molar-refractivity contribution in [3.63, 3.8) is 0 Å². The van der Waals surface area contributed by atoms with Crippen molar-refractivity contribution in [3.05, 3.63) is 71.4 Å². The van der Waals surface area contributed by atoms with Gasteiger partial charge in [-0.3, -0.25) is 5.41 Å². The summed E-state index contributed by atoms with van der Waals surface area (Å²) in [5, 5.41) is 17.6. The van der Waals surface area contributed by atoms with Gasteiger partial charge in [-0.2, -0.15) is 0 Å². The highest BCUT2D eigenvalue weighted by molar-refractivity contribution is 6.30. The number of anilines is 4. The molecule has 0 aliphatic carbocycles. The summed E-state index contributed by atoms with van der Waals surface area (Å²) in [5.74, 6) is 0.924. The number of carbonyl (C=O) groups excluding carboxylic acids is 1. The van der Waals surface area contributed by atoms with Gasteiger partial charge in [-0.1, -0.05) is 17.7 Å². The monoisotopic (exact) mass is 381 g/mol. The number of nitrogens with zero attached hydrogens (tertiary/aromatic N) is 1. The predicted molar refractivity (Wildman–Crippen MR) is 107 cm³/mol. The zero-order valence-electron chi connectivity index (χ0n) is 14.1. The van der Waals surface area contributed by atoms with Crippen LogP contribution in [0.15, 0.2) is 65.3 Å². The fourth-order valence-corrected chi connectivity index (χ4v) is 2.93. The SMILES string of the molecule is N=C1c2ccoc2NCN1c1cccc(NC(=O)Nc2ccc(Cl)cc2)c1. The van der Waals surface area contributed by atoms with E-state index in [4.69, 9.17) is 21.4 Å². The number of fused-ring (bicyclic) bond motifs is 1. The number of rotatable bonds is 3. The van der Waals surface area contributed by atoms with Gasteiger partial charge in [-0.15, -0.1) is 0 Å². The highest BCUT2D eigenvalue weighted by atomic mass is 35.5. The summed E-state index contributed by atoms with van der Waals surface area (Å²) in [6.45, 7) is 0.403. The van der Waals surface area contributed by atoms with Gasteiger partial charge in [0, 0.05) is 22.1 Å². The molecule has 0 unspecified atom stereocenters. The van der Waals surface area contributed by atoms with Crippen LogP contribution in [0.1, 0.15) is 5.56 Å². The van der Waals surface area contributed by atoms with Crippen LogP contribution in [0.2, 0.25) is 5.02 Å². The van der Waals surface area contributed by atoms with E-state index < -0.39 is 0 Å².